The van der Waals surface area contributed by atoms with E-state index in [2.05, 4.69) is 10.5 Å². The fourth-order valence-electron chi connectivity index (χ4n) is 1.73. The topological polar surface area (TPSA) is 122 Å². The number of carbonyl (C=O) groups is 1. The zero-order valence-electron chi connectivity index (χ0n) is 9.42. The second-order valence-corrected chi connectivity index (χ2v) is 6.29. The first kappa shape index (κ1) is 13.8. The molecule has 0 saturated carbocycles. The number of carbonyl (C=O) groups excluding carboxylic acids is 1. The van der Waals surface area contributed by atoms with Crippen molar-refractivity contribution in [3.63, 3.8) is 0 Å². The van der Waals surface area contributed by atoms with Gasteiger partial charge in [0, 0.05) is 13.0 Å². The Bertz CT molecular complexity index is 404. The molecule has 4 N–H and O–H groups in total. The average Bonchev–Trinajstić information content (AvgIpc) is 2.27. The lowest BCUT2D eigenvalue weighted by Gasteiger charge is -2.21. The lowest BCUT2D eigenvalue weighted by atomic mass is 10.2. The second kappa shape index (κ2) is 5.85. The average molecular weight is 263 g/mol. The molecule has 7 nitrogen and oxygen atoms in total. The molecule has 1 fully saturated rings. The Morgan fingerprint density at radius 1 is 1.47 bits per heavy atom. The fraction of sp³-hybridized carbons (Fsp3) is 0.778. The molecule has 0 aliphatic carbocycles. The molecule has 1 aliphatic heterocycles. The fourth-order valence-corrected chi connectivity index (χ4v) is 3.55. The van der Waals surface area contributed by atoms with Crippen LogP contribution in [0.4, 0.5) is 0 Å². The molecule has 17 heavy (non-hydrogen) atoms. The predicted octanol–water partition coefficient (Wildman–Crippen LogP) is -0.794. The summed E-state index contributed by atoms with van der Waals surface area (Å²) in [5, 5.41) is 12.6. The lowest BCUT2D eigenvalue weighted by molar-refractivity contribution is -0.120. The highest BCUT2D eigenvalue weighted by molar-refractivity contribution is 7.92. The molecule has 1 heterocycles. The maximum absolute atomic E-state index is 11.7. The van der Waals surface area contributed by atoms with Gasteiger partial charge in [0.1, 0.15) is 11.1 Å². The summed E-state index contributed by atoms with van der Waals surface area (Å²) >= 11 is 0. The van der Waals surface area contributed by atoms with E-state index >= 15 is 0 Å². The quantitative estimate of drug-likeness (QED) is 0.265. The van der Waals surface area contributed by atoms with Crippen molar-refractivity contribution in [1.82, 2.24) is 5.32 Å². The first-order valence-electron chi connectivity index (χ1n) is 5.43. The molecule has 1 amide bonds. The van der Waals surface area contributed by atoms with Crippen LogP contribution in [0.3, 0.4) is 0 Å². The van der Waals surface area contributed by atoms with Crippen LogP contribution >= 0.6 is 0 Å². The van der Waals surface area contributed by atoms with E-state index in [1.807, 2.05) is 0 Å². The predicted molar refractivity (Wildman–Crippen MR) is 62.5 cm³/mol. The number of amides is 1. The van der Waals surface area contributed by atoms with Gasteiger partial charge in [-0.3, -0.25) is 4.79 Å². The maximum atomic E-state index is 11.7. The second-order valence-electron chi connectivity index (χ2n) is 3.98. The van der Waals surface area contributed by atoms with E-state index in [-0.39, 0.29) is 24.6 Å². The minimum atomic E-state index is -3.30. The van der Waals surface area contributed by atoms with Crippen molar-refractivity contribution in [3.8, 4) is 0 Å². The Morgan fingerprint density at radius 2 is 2.18 bits per heavy atom. The smallest absolute Gasteiger partial charge is 0.238 e. The molecular formula is C9H17N3O4S. The summed E-state index contributed by atoms with van der Waals surface area (Å²) in [6.07, 6.45) is 1.93. The molecule has 0 aromatic carbocycles. The Kier molecular flexibility index (Phi) is 4.73. The number of nitrogens with zero attached hydrogens (tertiary/aromatic N) is 1. The maximum Gasteiger partial charge on any atom is 0.238 e. The SMILES string of the molecule is NC(CCNC(=O)C1CCCCS1(=O)=O)=NO. The van der Waals surface area contributed by atoms with E-state index in [4.69, 9.17) is 10.9 Å². The standard InChI is InChI=1S/C9H17N3O4S/c10-8(12-14)4-5-11-9(13)7-3-1-2-6-17(7,15)16/h7,14H,1-6H2,(H2,10,12)(H,11,13). The molecular weight excluding hydrogens is 246 g/mol. The van der Waals surface area contributed by atoms with Crippen molar-refractivity contribution >= 4 is 21.6 Å². The van der Waals surface area contributed by atoms with Crippen LogP contribution in [0.1, 0.15) is 25.7 Å². The van der Waals surface area contributed by atoms with Gasteiger partial charge in [-0.2, -0.15) is 0 Å². The summed E-state index contributed by atoms with van der Waals surface area (Å²) in [4.78, 5) is 11.7. The molecule has 98 valence electrons. The highest BCUT2D eigenvalue weighted by Crippen LogP contribution is 2.19. The van der Waals surface area contributed by atoms with E-state index < -0.39 is 21.0 Å². The molecule has 1 atom stereocenters. The van der Waals surface area contributed by atoms with Crippen LogP contribution in [-0.2, 0) is 14.6 Å². The Labute approximate surface area is 100.0 Å². The minimum absolute atomic E-state index is 0.00296. The molecule has 1 unspecified atom stereocenters. The summed E-state index contributed by atoms with van der Waals surface area (Å²) in [6.45, 7) is 0.167. The third-order valence-corrected chi connectivity index (χ3v) is 4.85. The highest BCUT2D eigenvalue weighted by atomic mass is 32.2. The van der Waals surface area contributed by atoms with E-state index in [0.29, 0.717) is 12.8 Å². The van der Waals surface area contributed by atoms with Gasteiger partial charge >= 0.3 is 0 Å². The van der Waals surface area contributed by atoms with Crippen LogP contribution in [0.25, 0.3) is 0 Å². The van der Waals surface area contributed by atoms with Gasteiger partial charge in [0.25, 0.3) is 0 Å². The minimum Gasteiger partial charge on any atom is -0.409 e. The molecule has 0 aromatic heterocycles. The van der Waals surface area contributed by atoms with E-state index in [0.717, 1.165) is 6.42 Å². The van der Waals surface area contributed by atoms with Crippen LogP contribution in [0.5, 0.6) is 0 Å². The summed E-state index contributed by atoms with van der Waals surface area (Å²) in [5.74, 6) is -0.419. The number of nitrogens with two attached hydrogens (primary N) is 1. The van der Waals surface area contributed by atoms with Crippen LogP contribution in [0.15, 0.2) is 5.16 Å². The number of hydrogen-bond acceptors (Lipinski definition) is 5. The van der Waals surface area contributed by atoms with Gasteiger partial charge in [0.15, 0.2) is 9.84 Å². The largest absolute Gasteiger partial charge is 0.409 e. The zero-order chi connectivity index (χ0) is 12.9. The van der Waals surface area contributed by atoms with Crippen LogP contribution < -0.4 is 11.1 Å². The van der Waals surface area contributed by atoms with Gasteiger partial charge in [-0.05, 0) is 12.8 Å². The van der Waals surface area contributed by atoms with Gasteiger partial charge in [-0.15, -0.1) is 0 Å². The third-order valence-electron chi connectivity index (χ3n) is 2.68. The van der Waals surface area contributed by atoms with Crippen molar-refractivity contribution in [2.45, 2.75) is 30.9 Å². The molecule has 1 aliphatic rings. The zero-order valence-corrected chi connectivity index (χ0v) is 10.2. The van der Waals surface area contributed by atoms with Gasteiger partial charge in [-0.25, -0.2) is 8.42 Å². The van der Waals surface area contributed by atoms with E-state index in [1.165, 1.54) is 0 Å². The number of hydrogen-bond donors (Lipinski definition) is 3. The monoisotopic (exact) mass is 263 g/mol. The summed E-state index contributed by atoms with van der Waals surface area (Å²) in [7, 11) is -3.30. The van der Waals surface area contributed by atoms with Crippen LogP contribution in [-0.4, -0.2) is 42.9 Å². The Balaban J connectivity index is 2.47. The lowest BCUT2D eigenvalue weighted by Crippen LogP contribution is -2.43. The first-order chi connectivity index (χ1) is 7.97. The number of sulfone groups is 1. The molecule has 0 bridgehead atoms. The summed E-state index contributed by atoms with van der Waals surface area (Å²) in [6, 6.07) is 0. The van der Waals surface area contributed by atoms with Gasteiger partial charge in [0.2, 0.25) is 5.91 Å². The highest BCUT2D eigenvalue weighted by Gasteiger charge is 2.34. The van der Waals surface area contributed by atoms with Crippen molar-refractivity contribution in [2.24, 2.45) is 10.9 Å². The molecule has 0 aromatic rings. The van der Waals surface area contributed by atoms with Crippen molar-refractivity contribution < 1.29 is 18.4 Å². The van der Waals surface area contributed by atoms with Crippen molar-refractivity contribution in [3.05, 3.63) is 0 Å². The summed E-state index contributed by atoms with van der Waals surface area (Å²) in [5.41, 5.74) is 5.22. The Hall–Kier alpha value is -1.31. The molecule has 1 rings (SSSR count). The molecule has 1 saturated heterocycles. The van der Waals surface area contributed by atoms with Gasteiger partial charge < -0.3 is 16.3 Å². The van der Waals surface area contributed by atoms with Crippen LogP contribution in [0.2, 0.25) is 0 Å². The molecule has 0 radical (unpaired) electrons. The number of oxime groups is 1. The van der Waals surface area contributed by atoms with Gasteiger partial charge in [0.05, 0.1) is 5.75 Å². The number of nitrogens with one attached hydrogen (secondary N) is 1. The first-order valence-corrected chi connectivity index (χ1v) is 7.14. The third kappa shape index (κ3) is 3.88. The number of amidine groups is 1. The molecule has 0 spiro atoms. The van der Waals surface area contributed by atoms with Gasteiger partial charge in [-0.1, -0.05) is 11.6 Å². The van der Waals surface area contributed by atoms with E-state index in [1.54, 1.807) is 0 Å². The summed E-state index contributed by atoms with van der Waals surface area (Å²) < 4.78 is 23.3. The normalized spacial score (nSPS) is 24.2. The Morgan fingerprint density at radius 3 is 2.76 bits per heavy atom. The van der Waals surface area contributed by atoms with Crippen molar-refractivity contribution in [1.29, 1.82) is 0 Å². The van der Waals surface area contributed by atoms with E-state index in [9.17, 15) is 13.2 Å². The molecule has 8 heteroatoms. The number of rotatable bonds is 4. The van der Waals surface area contributed by atoms with Crippen LogP contribution in [0, 0.1) is 0 Å². The van der Waals surface area contributed by atoms with Crippen molar-refractivity contribution in [2.75, 3.05) is 12.3 Å².